The van der Waals surface area contributed by atoms with E-state index in [4.69, 9.17) is 0 Å². The minimum absolute atomic E-state index is 0.499. The highest BCUT2D eigenvalue weighted by Gasteiger charge is 2.16. The molecule has 1 unspecified atom stereocenters. The van der Waals surface area contributed by atoms with Crippen LogP contribution >= 0.6 is 9.24 Å². The van der Waals surface area contributed by atoms with Gasteiger partial charge in [0.2, 0.25) is 0 Å². The first kappa shape index (κ1) is 14.5. The van der Waals surface area contributed by atoms with Crippen molar-refractivity contribution in [2.24, 2.45) is 0 Å². The highest BCUT2D eigenvalue weighted by atomic mass is 31.0. The molecule has 0 saturated carbocycles. The quantitative estimate of drug-likeness (QED) is 0.438. The Bertz CT molecular complexity index is 1010. The van der Waals surface area contributed by atoms with Crippen LogP contribution in [0.1, 0.15) is 0 Å². The first-order chi connectivity index (χ1) is 11.1. The largest absolute Gasteiger partial charge is 0.488 e. The summed E-state index contributed by atoms with van der Waals surface area (Å²) in [6, 6.07) is 22.0. The van der Waals surface area contributed by atoms with E-state index in [2.05, 4.69) is 44.1 Å². The van der Waals surface area contributed by atoms with Crippen molar-refractivity contribution < 1.29 is 10.0 Å². The SMILES string of the molecule is OB(O)c1ccc2c(c1)c1cc(P)ccc1n2-c1ccccc1. The molecule has 0 radical (unpaired) electrons. The monoisotopic (exact) mass is 319 g/mol. The lowest BCUT2D eigenvalue weighted by molar-refractivity contribution is 0.426. The Morgan fingerprint density at radius 3 is 2.13 bits per heavy atom. The van der Waals surface area contributed by atoms with Crippen LogP contribution in [0.5, 0.6) is 0 Å². The molecule has 1 aromatic heterocycles. The highest BCUT2D eigenvalue weighted by molar-refractivity contribution is 7.27. The Morgan fingerprint density at radius 2 is 1.43 bits per heavy atom. The van der Waals surface area contributed by atoms with E-state index in [1.165, 1.54) is 0 Å². The predicted octanol–water partition coefficient (Wildman–Crippen LogP) is 1.96. The molecule has 112 valence electrons. The second-order valence-electron chi connectivity index (χ2n) is 5.60. The number of hydrogen-bond acceptors (Lipinski definition) is 2. The molecule has 3 nitrogen and oxygen atoms in total. The van der Waals surface area contributed by atoms with Gasteiger partial charge >= 0.3 is 7.12 Å². The molecule has 2 N–H and O–H groups in total. The third-order valence-corrected chi connectivity index (χ3v) is 4.48. The van der Waals surface area contributed by atoms with Crippen LogP contribution in [0.4, 0.5) is 0 Å². The van der Waals surface area contributed by atoms with Crippen LogP contribution in [-0.4, -0.2) is 21.7 Å². The third-order valence-electron chi connectivity index (χ3n) is 4.13. The molecule has 23 heavy (non-hydrogen) atoms. The Labute approximate surface area is 136 Å². The Hall–Kier alpha value is -2.13. The number of benzene rings is 3. The molecule has 4 rings (SSSR count). The summed E-state index contributed by atoms with van der Waals surface area (Å²) in [7, 11) is 1.25. The predicted molar refractivity (Wildman–Crippen MR) is 100.0 cm³/mol. The molecule has 0 aliphatic carbocycles. The molecule has 5 heteroatoms. The molecule has 0 aliphatic heterocycles. The zero-order valence-corrected chi connectivity index (χ0v) is 13.5. The number of rotatable bonds is 2. The molecule has 1 heterocycles. The summed E-state index contributed by atoms with van der Waals surface area (Å²) in [5, 5.41) is 22.2. The van der Waals surface area contributed by atoms with E-state index in [1.54, 1.807) is 6.07 Å². The molecule has 0 saturated heterocycles. The second kappa shape index (κ2) is 5.50. The van der Waals surface area contributed by atoms with Gasteiger partial charge < -0.3 is 14.6 Å². The molecule has 0 amide bonds. The van der Waals surface area contributed by atoms with Crippen LogP contribution in [0.2, 0.25) is 0 Å². The fourth-order valence-corrected chi connectivity index (χ4v) is 3.34. The Balaban J connectivity index is 2.16. The Morgan fingerprint density at radius 1 is 0.783 bits per heavy atom. The maximum Gasteiger partial charge on any atom is 0.488 e. The summed E-state index contributed by atoms with van der Waals surface area (Å²) in [6.07, 6.45) is 0. The lowest BCUT2D eigenvalue weighted by Crippen LogP contribution is -2.29. The number of hydrogen-bond donors (Lipinski definition) is 2. The van der Waals surface area contributed by atoms with Crippen molar-refractivity contribution >= 4 is 48.9 Å². The van der Waals surface area contributed by atoms with E-state index in [-0.39, 0.29) is 0 Å². The molecule has 3 aromatic carbocycles. The zero-order valence-electron chi connectivity index (χ0n) is 12.3. The minimum atomic E-state index is -1.46. The highest BCUT2D eigenvalue weighted by Crippen LogP contribution is 2.31. The van der Waals surface area contributed by atoms with Crippen LogP contribution in [0, 0.1) is 0 Å². The van der Waals surface area contributed by atoms with Crippen molar-refractivity contribution in [3.05, 3.63) is 66.7 Å². The summed E-state index contributed by atoms with van der Waals surface area (Å²) >= 11 is 0. The van der Waals surface area contributed by atoms with Crippen molar-refractivity contribution in [1.82, 2.24) is 4.57 Å². The topological polar surface area (TPSA) is 45.4 Å². The van der Waals surface area contributed by atoms with Gasteiger partial charge in [0.15, 0.2) is 0 Å². The molecule has 0 spiro atoms. The van der Waals surface area contributed by atoms with E-state index in [1.807, 2.05) is 30.3 Å². The molecule has 0 fully saturated rings. The summed E-state index contributed by atoms with van der Waals surface area (Å²) in [5.74, 6) is 0. The minimum Gasteiger partial charge on any atom is -0.423 e. The van der Waals surface area contributed by atoms with Crippen LogP contribution in [0.15, 0.2) is 66.7 Å². The van der Waals surface area contributed by atoms with E-state index >= 15 is 0 Å². The molecular weight excluding hydrogens is 304 g/mol. The van der Waals surface area contributed by atoms with Crippen molar-refractivity contribution in [3.63, 3.8) is 0 Å². The number of para-hydroxylation sites is 1. The lowest BCUT2D eigenvalue weighted by Gasteiger charge is -2.07. The maximum atomic E-state index is 9.48. The van der Waals surface area contributed by atoms with Crippen LogP contribution in [0.25, 0.3) is 27.5 Å². The van der Waals surface area contributed by atoms with Gasteiger partial charge in [0.1, 0.15) is 0 Å². The van der Waals surface area contributed by atoms with Crippen molar-refractivity contribution in [2.75, 3.05) is 0 Å². The van der Waals surface area contributed by atoms with Crippen LogP contribution in [-0.2, 0) is 0 Å². The normalized spacial score (nSPS) is 11.3. The van der Waals surface area contributed by atoms with Gasteiger partial charge in [0.25, 0.3) is 0 Å². The van der Waals surface area contributed by atoms with Crippen LogP contribution in [0.3, 0.4) is 0 Å². The number of aromatic nitrogens is 1. The van der Waals surface area contributed by atoms with Gasteiger partial charge in [-0.05, 0) is 41.1 Å². The first-order valence-electron chi connectivity index (χ1n) is 7.40. The lowest BCUT2D eigenvalue weighted by atomic mass is 9.80. The number of fused-ring (bicyclic) bond motifs is 3. The van der Waals surface area contributed by atoms with Crippen molar-refractivity contribution in [1.29, 1.82) is 0 Å². The van der Waals surface area contributed by atoms with Gasteiger partial charge in [0, 0.05) is 16.5 Å². The van der Waals surface area contributed by atoms with Crippen molar-refractivity contribution in [3.8, 4) is 5.69 Å². The summed E-state index contributed by atoms with van der Waals surface area (Å²) in [5.41, 5.74) is 3.73. The summed E-state index contributed by atoms with van der Waals surface area (Å²) in [4.78, 5) is 0. The molecule has 0 bridgehead atoms. The average molecular weight is 319 g/mol. The van der Waals surface area contributed by atoms with Gasteiger partial charge in [-0.2, -0.15) is 0 Å². The standard InChI is InChI=1S/C18H15BNO2P/c21-19(22)12-6-8-17-15(10-12)16-11-14(23)7-9-18(16)20(17)13-4-2-1-3-5-13/h1-11,21-22H,23H2. The van der Waals surface area contributed by atoms with Gasteiger partial charge in [-0.25, -0.2) is 0 Å². The third kappa shape index (κ3) is 2.36. The number of nitrogens with zero attached hydrogens (tertiary/aromatic N) is 1. The summed E-state index contributed by atoms with van der Waals surface area (Å²) in [6.45, 7) is 0. The zero-order chi connectivity index (χ0) is 16.0. The summed E-state index contributed by atoms with van der Waals surface area (Å²) < 4.78 is 2.20. The van der Waals surface area contributed by atoms with E-state index < -0.39 is 7.12 Å². The van der Waals surface area contributed by atoms with E-state index in [0.717, 1.165) is 32.8 Å². The fourth-order valence-electron chi connectivity index (χ4n) is 3.07. The molecule has 0 aliphatic rings. The van der Waals surface area contributed by atoms with Crippen LogP contribution < -0.4 is 10.8 Å². The first-order valence-corrected chi connectivity index (χ1v) is 7.98. The molecule has 4 aromatic rings. The van der Waals surface area contributed by atoms with Gasteiger partial charge in [0.05, 0.1) is 11.0 Å². The fraction of sp³-hybridized carbons (Fsp3) is 0. The van der Waals surface area contributed by atoms with Crippen molar-refractivity contribution in [2.45, 2.75) is 0 Å². The Kier molecular flexibility index (Phi) is 3.46. The average Bonchev–Trinajstić information content (AvgIpc) is 2.88. The van der Waals surface area contributed by atoms with E-state index in [0.29, 0.717) is 5.46 Å². The molecule has 1 atom stereocenters. The smallest absolute Gasteiger partial charge is 0.423 e. The maximum absolute atomic E-state index is 9.48. The molecular formula is C18H15BNO2P. The van der Waals surface area contributed by atoms with Gasteiger partial charge in [-0.15, -0.1) is 9.24 Å². The van der Waals surface area contributed by atoms with Gasteiger partial charge in [-0.1, -0.05) is 36.4 Å². The van der Waals surface area contributed by atoms with Gasteiger partial charge in [-0.3, -0.25) is 0 Å². The second-order valence-corrected chi connectivity index (χ2v) is 6.26. The van der Waals surface area contributed by atoms with E-state index in [9.17, 15) is 10.0 Å².